The fourth-order valence-electron chi connectivity index (χ4n) is 3.23. The summed E-state index contributed by atoms with van der Waals surface area (Å²) in [5.41, 5.74) is 2.73. The summed E-state index contributed by atoms with van der Waals surface area (Å²) >= 11 is 0. The fraction of sp³-hybridized carbons (Fsp3) is 0.632. The summed E-state index contributed by atoms with van der Waals surface area (Å²) in [5.74, 6) is 0.836. The van der Waals surface area contributed by atoms with E-state index in [1.165, 1.54) is 43.2 Å². The Kier molecular flexibility index (Phi) is 4.86. The molecule has 0 radical (unpaired) electrons. The number of hydrogen-bond acceptors (Lipinski definition) is 1. The van der Waals surface area contributed by atoms with E-state index in [0.29, 0.717) is 0 Å². The smallest absolute Gasteiger partial charge is 0.0715 e. The molecule has 0 heterocycles. The molecule has 108 valence electrons. The molecule has 1 saturated carbocycles. The zero-order valence-corrected chi connectivity index (χ0v) is 13.2. The molecule has 1 nitrogen and oxygen atoms in total. The largest absolute Gasteiger partial charge is 0.198 e. The van der Waals surface area contributed by atoms with Crippen LogP contribution in [0, 0.1) is 17.2 Å². The highest BCUT2D eigenvalue weighted by Crippen LogP contribution is 2.33. The van der Waals surface area contributed by atoms with Crippen LogP contribution in [-0.4, -0.2) is 0 Å². The van der Waals surface area contributed by atoms with Crippen LogP contribution in [0.4, 0.5) is 0 Å². The standard InChI is InChI=1S/C19H27N/c1-19(2,3)18-11-9-16(10-12-18)17(14-20)13-15-7-5-4-6-8-15/h9-12,15,17H,4-8,13H2,1-3H3. The molecule has 0 bridgehead atoms. The summed E-state index contributed by atoms with van der Waals surface area (Å²) in [6.07, 6.45) is 7.77. The molecular formula is C19H27N. The average molecular weight is 269 g/mol. The number of rotatable bonds is 3. The highest BCUT2D eigenvalue weighted by atomic mass is 14.3. The summed E-state index contributed by atoms with van der Waals surface area (Å²) in [6, 6.07) is 11.2. The lowest BCUT2D eigenvalue weighted by molar-refractivity contribution is 0.331. The molecule has 1 fully saturated rings. The van der Waals surface area contributed by atoms with Gasteiger partial charge in [-0.05, 0) is 28.9 Å². The maximum absolute atomic E-state index is 9.49. The molecule has 1 aromatic rings. The van der Waals surface area contributed by atoms with Crippen molar-refractivity contribution in [1.29, 1.82) is 5.26 Å². The Morgan fingerprint density at radius 1 is 1.10 bits per heavy atom. The van der Waals surface area contributed by atoms with Gasteiger partial charge in [-0.15, -0.1) is 0 Å². The van der Waals surface area contributed by atoms with Crippen molar-refractivity contribution in [1.82, 2.24) is 0 Å². The number of hydrogen-bond donors (Lipinski definition) is 0. The molecule has 0 aromatic heterocycles. The minimum Gasteiger partial charge on any atom is -0.198 e. The van der Waals surface area contributed by atoms with Gasteiger partial charge in [0.1, 0.15) is 0 Å². The van der Waals surface area contributed by atoms with Crippen LogP contribution in [-0.2, 0) is 5.41 Å². The van der Waals surface area contributed by atoms with E-state index in [0.717, 1.165) is 12.3 Å². The normalized spacial score (nSPS) is 18.5. The zero-order valence-electron chi connectivity index (χ0n) is 13.2. The highest BCUT2D eigenvalue weighted by Gasteiger charge is 2.21. The molecule has 0 amide bonds. The third-order valence-electron chi connectivity index (χ3n) is 4.63. The third-order valence-corrected chi connectivity index (χ3v) is 4.63. The van der Waals surface area contributed by atoms with Crippen LogP contribution in [0.3, 0.4) is 0 Å². The Labute approximate surface area is 124 Å². The molecule has 1 aliphatic carbocycles. The second kappa shape index (κ2) is 6.44. The van der Waals surface area contributed by atoms with E-state index in [1.54, 1.807) is 0 Å². The van der Waals surface area contributed by atoms with Crippen LogP contribution < -0.4 is 0 Å². The van der Waals surface area contributed by atoms with Crippen molar-refractivity contribution >= 4 is 0 Å². The molecule has 0 aliphatic heterocycles. The maximum Gasteiger partial charge on any atom is 0.0715 e. The van der Waals surface area contributed by atoms with Crippen molar-refractivity contribution < 1.29 is 0 Å². The lowest BCUT2D eigenvalue weighted by atomic mass is 9.80. The van der Waals surface area contributed by atoms with Crippen LogP contribution in [0.5, 0.6) is 0 Å². The van der Waals surface area contributed by atoms with E-state index in [1.807, 2.05) is 0 Å². The molecule has 1 heteroatoms. The first-order valence-electron chi connectivity index (χ1n) is 8.01. The maximum atomic E-state index is 9.49. The van der Waals surface area contributed by atoms with E-state index in [-0.39, 0.29) is 11.3 Å². The molecule has 1 atom stereocenters. The third kappa shape index (κ3) is 3.85. The minimum absolute atomic E-state index is 0.0760. The summed E-state index contributed by atoms with van der Waals surface area (Å²) in [6.45, 7) is 6.68. The van der Waals surface area contributed by atoms with Gasteiger partial charge in [-0.3, -0.25) is 0 Å². The van der Waals surface area contributed by atoms with Crippen molar-refractivity contribution in [2.24, 2.45) is 5.92 Å². The van der Waals surface area contributed by atoms with Crippen LogP contribution in [0.25, 0.3) is 0 Å². The summed E-state index contributed by atoms with van der Waals surface area (Å²) in [4.78, 5) is 0. The van der Waals surface area contributed by atoms with Gasteiger partial charge in [0.05, 0.1) is 12.0 Å². The molecule has 2 rings (SSSR count). The van der Waals surface area contributed by atoms with Crippen LogP contribution in [0.15, 0.2) is 24.3 Å². The SMILES string of the molecule is CC(C)(C)c1ccc(C(C#N)CC2CCCCC2)cc1. The van der Waals surface area contributed by atoms with Crippen molar-refractivity contribution in [3.8, 4) is 6.07 Å². The Morgan fingerprint density at radius 3 is 2.20 bits per heavy atom. The summed E-state index contributed by atoms with van der Waals surface area (Å²) in [5, 5.41) is 9.49. The van der Waals surface area contributed by atoms with Gasteiger partial charge in [-0.1, -0.05) is 77.1 Å². The summed E-state index contributed by atoms with van der Waals surface area (Å²) in [7, 11) is 0. The minimum atomic E-state index is 0.0760. The first-order chi connectivity index (χ1) is 9.50. The number of benzene rings is 1. The van der Waals surface area contributed by atoms with E-state index < -0.39 is 0 Å². The first kappa shape index (κ1) is 15.1. The van der Waals surface area contributed by atoms with Crippen molar-refractivity contribution in [2.45, 2.75) is 70.6 Å². The Bertz CT molecular complexity index is 452. The summed E-state index contributed by atoms with van der Waals surface area (Å²) < 4.78 is 0. The van der Waals surface area contributed by atoms with Crippen molar-refractivity contribution in [2.75, 3.05) is 0 Å². The highest BCUT2D eigenvalue weighted by molar-refractivity contribution is 5.31. The van der Waals surface area contributed by atoms with Crippen LogP contribution in [0.2, 0.25) is 0 Å². The van der Waals surface area contributed by atoms with Gasteiger partial charge >= 0.3 is 0 Å². The van der Waals surface area contributed by atoms with E-state index in [2.05, 4.69) is 51.1 Å². The number of nitriles is 1. The lowest BCUT2D eigenvalue weighted by Gasteiger charge is -2.24. The molecule has 0 N–H and O–H groups in total. The predicted molar refractivity (Wildman–Crippen MR) is 84.7 cm³/mol. The Hall–Kier alpha value is -1.29. The van der Waals surface area contributed by atoms with Gasteiger partial charge in [0, 0.05) is 0 Å². The van der Waals surface area contributed by atoms with Crippen molar-refractivity contribution in [3.05, 3.63) is 35.4 Å². The number of nitrogens with zero attached hydrogens (tertiary/aromatic N) is 1. The molecule has 0 saturated heterocycles. The van der Waals surface area contributed by atoms with Gasteiger partial charge in [0.2, 0.25) is 0 Å². The van der Waals surface area contributed by atoms with E-state index in [9.17, 15) is 5.26 Å². The second-order valence-electron chi connectivity index (χ2n) is 7.29. The van der Waals surface area contributed by atoms with Crippen LogP contribution >= 0.6 is 0 Å². The lowest BCUT2D eigenvalue weighted by Crippen LogP contribution is -2.12. The molecule has 0 spiro atoms. The zero-order chi connectivity index (χ0) is 14.6. The van der Waals surface area contributed by atoms with Crippen LogP contribution in [0.1, 0.15) is 76.3 Å². The molecule has 20 heavy (non-hydrogen) atoms. The molecule has 1 aromatic carbocycles. The van der Waals surface area contributed by atoms with E-state index >= 15 is 0 Å². The van der Waals surface area contributed by atoms with Gasteiger partial charge in [0.25, 0.3) is 0 Å². The topological polar surface area (TPSA) is 23.8 Å². The predicted octanol–water partition coefficient (Wildman–Crippen LogP) is 5.56. The first-order valence-corrected chi connectivity index (χ1v) is 8.01. The molecule has 1 aliphatic rings. The van der Waals surface area contributed by atoms with Gasteiger partial charge in [-0.25, -0.2) is 0 Å². The molecular weight excluding hydrogens is 242 g/mol. The Balaban J connectivity index is 2.06. The van der Waals surface area contributed by atoms with E-state index in [4.69, 9.17) is 0 Å². The van der Waals surface area contributed by atoms with Gasteiger partial charge < -0.3 is 0 Å². The fourth-order valence-corrected chi connectivity index (χ4v) is 3.23. The monoisotopic (exact) mass is 269 g/mol. The average Bonchev–Trinajstić information content (AvgIpc) is 2.45. The van der Waals surface area contributed by atoms with Crippen molar-refractivity contribution in [3.63, 3.8) is 0 Å². The second-order valence-corrected chi connectivity index (χ2v) is 7.29. The van der Waals surface area contributed by atoms with Gasteiger partial charge in [0.15, 0.2) is 0 Å². The quantitative estimate of drug-likeness (QED) is 0.704. The van der Waals surface area contributed by atoms with Gasteiger partial charge in [-0.2, -0.15) is 5.26 Å². The molecule has 1 unspecified atom stereocenters. The Morgan fingerprint density at radius 2 is 1.70 bits per heavy atom.